The van der Waals surface area contributed by atoms with Crippen LogP contribution in [0.1, 0.15) is 56.9 Å². The summed E-state index contributed by atoms with van der Waals surface area (Å²) in [6.07, 6.45) is 2.67. The lowest BCUT2D eigenvalue weighted by atomic mass is 9.96. The second kappa shape index (κ2) is 11.0. The van der Waals surface area contributed by atoms with Gasteiger partial charge in [0.15, 0.2) is 8.32 Å². The fourth-order valence-corrected chi connectivity index (χ4v) is 4.74. The summed E-state index contributed by atoms with van der Waals surface area (Å²) in [5, 5.41) is 0.998. The standard InChI is InChI=1S/C29H40O5Si/c1-20(2)14-22-15-24-23(16-26(30)31-6)18-33-28(24)25(19-34-35(7,8)29(3,4)5)27(22)32-17-21-12-10-9-11-13-21/h9-13,15,18,20H,14,16-17,19H2,1-8H3. The first kappa shape index (κ1) is 27.0. The lowest BCUT2D eigenvalue weighted by molar-refractivity contribution is -0.139. The number of ether oxygens (including phenoxy) is 2. The Kier molecular flexibility index (Phi) is 8.49. The van der Waals surface area contributed by atoms with E-state index in [1.807, 2.05) is 18.2 Å². The average molecular weight is 497 g/mol. The predicted molar refractivity (Wildman–Crippen MR) is 143 cm³/mol. The molecule has 2 aromatic carbocycles. The first-order valence-corrected chi connectivity index (χ1v) is 15.3. The van der Waals surface area contributed by atoms with Crippen molar-refractivity contribution in [3.63, 3.8) is 0 Å². The van der Waals surface area contributed by atoms with Crippen molar-refractivity contribution in [2.24, 2.45) is 5.92 Å². The Hall–Kier alpha value is -2.57. The quantitative estimate of drug-likeness (QED) is 0.215. The molecule has 0 N–H and O–H groups in total. The van der Waals surface area contributed by atoms with Gasteiger partial charge in [-0.3, -0.25) is 4.79 Å². The molecule has 0 spiro atoms. The number of carbonyl (C=O) groups is 1. The van der Waals surface area contributed by atoms with Gasteiger partial charge in [0.1, 0.15) is 17.9 Å². The Morgan fingerprint density at radius 3 is 2.34 bits per heavy atom. The molecule has 0 fully saturated rings. The van der Waals surface area contributed by atoms with Crippen LogP contribution in [-0.2, 0) is 40.0 Å². The molecule has 3 aromatic rings. The molecule has 0 atom stereocenters. The molecule has 5 nitrogen and oxygen atoms in total. The molecule has 0 saturated heterocycles. The molecule has 0 aliphatic carbocycles. The van der Waals surface area contributed by atoms with Gasteiger partial charge in [0, 0.05) is 10.9 Å². The maximum absolute atomic E-state index is 12.1. The topological polar surface area (TPSA) is 57.9 Å². The minimum absolute atomic E-state index is 0.0753. The van der Waals surface area contributed by atoms with Crippen molar-refractivity contribution in [1.29, 1.82) is 0 Å². The van der Waals surface area contributed by atoms with E-state index in [0.717, 1.165) is 45.4 Å². The van der Waals surface area contributed by atoms with E-state index in [1.54, 1.807) is 6.26 Å². The highest BCUT2D eigenvalue weighted by Crippen LogP contribution is 2.41. The van der Waals surface area contributed by atoms with Gasteiger partial charge in [-0.1, -0.05) is 65.0 Å². The monoisotopic (exact) mass is 496 g/mol. The van der Waals surface area contributed by atoms with Crippen molar-refractivity contribution in [1.82, 2.24) is 0 Å². The van der Waals surface area contributed by atoms with Gasteiger partial charge < -0.3 is 18.3 Å². The van der Waals surface area contributed by atoms with Crippen LogP contribution < -0.4 is 4.74 Å². The zero-order valence-corrected chi connectivity index (χ0v) is 23.5. The van der Waals surface area contributed by atoms with Crippen molar-refractivity contribution < 1.29 is 23.1 Å². The van der Waals surface area contributed by atoms with E-state index in [0.29, 0.717) is 19.1 Å². The van der Waals surface area contributed by atoms with Crippen LogP contribution in [0.25, 0.3) is 11.0 Å². The number of benzene rings is 2. The molecule has 190 valence electrons. The molecule has 0 unspecified atom stereocenters. The molecule has 1 heterocycles. The first-order chi connectivity index (χ1) is 16.4. The second-order valence-corrected chi connectivity index (χ2v) is 16.0. The van der Waals surface area contributed by atoms with Crippen molar-refractivity contribution in [3.8, 4) is 5.75 Å². The third-order valence-electron chi connectivity index (χ3n) is 6.87. The molecule has 0 bridgehead atoms. The van der Waals surface area contributed by atoms with Gasteiger partial charge >= 0.3 is 5.97 Å². The molecule has 0 amide bonds. The normalized spacial score (nSPS) is 12.4. The third-order valence-corrected chi connectivity index (χ3v) is 11.3. The maximum Gasteiger partial charge on any atom is 0.310 e. The summed E-state index contributed by atoms with van der Waals surface area (Å²) in [4.78, 5) is 12.1. The molecular formula is C29H40O5Si. The fourth-order valence-electron chi connectivity index (χ4n) is 3.80. The zero-order valence-electron chi connectivity index (χ0n) is 22.5. The molecular weight excluding hydrogens is 456 g/mol. The number of methoxy groups -OCH3 is 1. The zero-order chi connectivity index (χ0) is 25.8. The summed E-state index contributed by atoms with van der Waals surface area (Å²) in [7, 11) is -0.625. The highest BCUT2D eigenvalue weighted by molar-refractivity contribution is 6.74. The van der Waals surface area contributed by atoms with E-state index in [2.05, 4.69) is 65.9 Å². The van der Waals surface area contributed by atoms with E-state index in [9.17, 15) is 4.79 Å². The van der Waals surface area contributed by atoms with Crippen molar-refractivity contribution in [2.45, 2.75) is 78.8 Å². The summed E-state index contributed by atoms with van der Waals surface area (Å²) < 4.78 is 24.2. The van der Waals surface area contributed by atoms with Crippen LogP contribution >= 0.6 is 0 Å². The van der Waals surface area contributed by atoms with Gasteiger partial charge in [-0.05, 0) is 47.7 Å². The third kappa shape index (κ3) is 6.56. The number of carbonyl (C=O) groups excluding carboxylic acids is 1. The Bertz CT molecular complexity index is 1140. The van der Waals surface area contributed by atoms with Gasteiger partial charge in [-0.15, -0.1) is 0 Å². The number of rotatable bonds is 10. The number of hydrogen-bond acceptors (Lipinski definition) is 5. The van der Waals surface area contributed by atoms with Crippen molar-refractivity contribution in [2.75, 3.05) is 7.11 Å². The van der Waals surface area contributed by atoms with Gasteiger partial charge in [0.05, 0.1) is 32.0 Å². The lowest BCUT2D eigenvalue weighted by Gasteiger charge is -2.36. The number of hydrogen-bond donors (Lipinski definition) is 0. The van der Waals surface area contributed by atoms with Gasteiger partial charge in [0.2, 0.25) is 0 Å². The molecule has 0 aliphatic heterocycles. The van der Waals surface area contributed by atoms with Crippen molar-refractivity contribution in [3.05, 3.63) is 64.9 Å². The lowest BCUT2D eigenvalue weighted by Crippen LogP contribution is -2.40. The van der Waals surface area contributed by atoms with Gasteiger partial charge in [0.25, 0.3) is 0 Å². The van der Waals surface area contributed by atoms with E-state index < -0.39 is 8.32 Å². The predicted octanol–water partition coefficient (Wildman–Crippen LogP) is 7.45. The second-order valence-electron chi connectivity index (χ2n) is 11.2. The Balaban J connectivity index is 2.13. The minimum Gasteiger partial charge on any atom is -0.488 e. The molecule has 6 heteroatoms. The average Bonchev–Trinajstić information content (AvgIpc) is 3.18. The Morgan fingerprint density at radius 2 is 1.74 bits per heavy atom. The van der Waals surface area contributed by atoms with Gasteiger partial charge in [-0.2, -0.15) is 0 Å². The summed E-state index contributed by atoms with van der Waals surface area (Å²) in [6, 6.07) is 12.3. The number of fused-ring (bicyclic) bond motifs is 1. The molecule has 1 aromatic heterocycles. The summed E-state index contributed by atoms with van der Waals surface area (Å²) in [6.45, 7) is 16.4. The van der Waals surface area contributed by atoms with Gasteiger partial charge in [-0.25, -0.2) is 0 Å². The Morgan fingerprint density at radius 1 is 1.06 bits per heavy atom. The highest BCUT2D eigenvalue weighted by atomic mass is 28.4. The van der Waals surface area contributed by atoms with Crippen LogP contribution in [0.3, 0.4) is 0 Å². The van der Waals surface area contributed by atoms with Crippen LogP contribution in [0.5, 0.6) is 5.75 Å². The van der Waals surface area contributed by atoms with Crippen LogP contribution in [0.2, 0.25) is 18.1 Å². The fraction of sp³-hybridized carbons (Fsp3) is 0.483. The number of furan rings is 1. The van der Waals surface area contributed by atoms with E-state index in [4.69, 9.17) is 18.3 Å². The molecule has 0 saturated carbocycles. The SMILES string of the molecule is COC(=O)Cc1coc2c(CO[Si](C)(C)C(C)(C)C)c(OCc3ccccc3)c(CC(C)C)cc12. The van der Waals surface area contributed by atoms with E-state index in [1.165, 1.54) is 7.11 Å². The van der Waals surface area contributed by atoms with Crippen LogP contribution in [0.4, 0.5) is 0 Å². The maximum atomic E-state index is 12.1. The highest BCUT2D eigenvalue weighted by Gasteiger charge is 2.37. The molecule has 0 aliphatic rings. The van der Waals surface area contributed by atoms with Crippen LogP contribution in [0, 0.1) is 5.92 Å². The summed E-state index contributed by atoms with van der Waals surface area (Å²) >= 11 is 0. The minimum atomic E-state index is -2.03. The van der Waals surface area contributed by atoms with Crippen molar-refractivity contribution >= 4 is 25.3 Å². The summed E-state index contributed by atoms with van der Waals surface area (Å²) in [5.74, 6) is 0.964. The van der Waals surface area contributed by atoms with Crippen LogP contribution in [0.15, 0.2) is 47.1 Å². The Labute approximate surface area is 210 Å². The molecule has 0 radical (unpaired) electrons. The molecule has 35 heavy (non-hydrogen) atoms. The summed E-state index contributed by atoms with van der Waals surface area (Å²) in [5.41, 5.74) is 4.66. The largest absolute Gasteiger partial charge is 0.488 e. The molecule has 3 rings (SSSR count). The number of esters is 1. The van der Waals surface area contributed by atoms with E-state index in [-0.39, 0.29) is 17.4 Å². The van der Waals surface area contributed by atoms with E-state index >= 15 is 0 Å². The van der Waals surface area contributed by atoms with Crippen LogP contribution in [-0.4, -0.2) is 21.4 Å². The first-order valence-electron chi connectivity index (χ1n) is 12.3. The smallest absolute Gasteiger partial charge is 0.310 e.